The fourth-order valence-electron chi connectivity index (χ4n) is 0.144. The molecule has 0 fully saturated rings. The van der Waals surface area contributed by atoms with Crippen LogP contribution in [0.3, 0.4) is 0 Å². The van der Waals surface area contributed by atoms with Gasteiger partial charge < -0.3 is 4.89 Å². The number of halogens is 1. The van der Waals surface area contributed by atoms with Crippen LogP contribution in [0.4, 0.5) is 0 Å². The number of hydrogen-bond acceptors (Lipinski definition) is 2. The van der Waals surface area contributed by atoms with Gasteiger partial charge in [-0.05, 0) is 6.08 Å². The lowest BCUT2D eigenvalue weighted by molar-refractivity contribution is 0.287. The third kappa shape index (κ3) is 4.34. The van der Waals surface area contributed by atoms with Gasteiger partial charge in [-0.25, -0.2) is 0 Å². The van der Waals surface area contributed by atoms with Crippen molar-refractivity contribution in [2.45, 2.75) is 5.56 Å². The molecule has 0 bridgehead atoms. The van der Waals surface area contributed by atoms with Crippen LogP contribution in [-0.2, 0) is 9.09 Å². The number of alkyl halides is 1. The highest BCUT2D eigenvalue weighted by Gasteiger charge is 1.99. The van der Waals surface area contributed by atoms with Gasteiger partial charge in [0.05, 0.1) is 0 Å². The molecule has 5 heteroatoms. The van der Waals surface area contributed by atoms with Crippen LogP contribution >= 0.6 is 19.9 Å². The van der Waals surface area contributed by atoms with Crippen LogP contribution in [0.1, 0.15) is 0 Å². The summed E-state index contributed by atoms with van der Waals surface area (Å²) in [5, 5.41) is 0. The van der Waals surface area contributed by atoms with E-state index in [1.807, 2.05) is 0 Å². The Morgan fingerprint density at radius 1 is 2.00 bits per heavy atom. The van der Waals surface area contributed by atoms with E-state index in [4.69, 9.17) is 16.5 Å². The predicted molar refractivity (Wildman–Crippen MR) is 32.1 cm³/mol. The third-order valence-corrected chi connectivity index (χ3v) is 1.27. The van der Waals surface area contributed by atoms with Crippen LogP contribution in [0.2, 0.25) is 0 Å². The first kappa shape index (κ1) is 8.18. The Morgan fingerprint density at radius 3 is 2.62 bits per heavy atom. The minimum Gasteiger partial charge on any atom is -0.326 e. The van der Waals surface area contributed by atoms with Crippen molar-refractivity contribution in [3.05, 3.63) is 12.7 Å². The van der Waals surface area contributed by atoms with Crippen LogP contribution < -0.4 is 0 Å². The van der Waals surface area contributed by atoms with E-state index in [-0.39, 0.29) is 0 Å². The third-order valence-electron chi connectivity index (χ3n) is 0.399. The molecule has 0 radical (unpaired) electrons. The first-order valence-corrected chi connectivity index (χ1v) is 3.53. The Hall–Kier alpha value is 0.180. The summed E-state index contributed by atoms with van der Waals surface area (Å²) < 4.78 is 13.9. The fourth-order valence-corrected chi connectivity index (χ4v) is 0.662. The smallest absolute Gasteiger partial charge is 0.318 e. The second-order valence-electron chi connectivity index (χ2n) is 0.971. The second kappa shape index (κ2) is 4.10. The first-order valence-electron chi connectivity index (χ1n) is 1.83. The van der Waals surface area contributed by atoms with Crippen molar-refractivity contribution in [3.8, 4) is 0 Å². The Balaban J connectivity index is 3.38. The van der Waals surface area contributed by atoms with Crippen molar-refractivity contribution in [3.63, 3.8) is 0 Å². The van der Waals surface area contributed by atoms with Crippen molar-refractivity contribution in [2.75, 3.05) is 0 Å². The van der Waals surface area contributed by atoms with E-state index in [9.17, 15) is 4.57 Å². The zero-order valence-corrected chi connectivity index (χ0v) is 5.76. The lowest BCUT2D eigenvalue weighted by atomic mass is 10.7. The van der Waals surface area contributed by atoms with Gasteiger partial charge in [0.2, 0.25) is 0 Å². The molecule has 0 rings (SSSR count). The van der Waals surface area contributed by atoms with Gasteiger partial charge in [0.25, 0.3) is 0 Å². The molecule has 8 heavy (non-hydrogen) atoms. The molecule has 0 aliphatic heterocycles. The van der Waals surface area contributed by atoms with Crippen LogP contribution in [0, 0.1) is 0 Å². The zero-order valence-electron chi connectivity index (χ0n) is 4.00. The van der Waals surface area contributed by atoms with E-state index in [0.29, 0.717) is 0 Å². The van der Waals surface area contributed by atoms with Crippen LogP contribution in [0.15, 0.2) is 12.7 Å². The Labute approximate surface area is 52.9 Å². The lowest BCUT2D eigenvalue weighted by Crippen LogP contribution is -1.91. The van der Waals surface area contributed by atoms with Crippen molar-refractivity contribution in [2.24, 2.45) is 0 Å². The van der Waals surface area contributed by atoms with Gasteiger partial charge in [0, 0.05) is 0 Å². The molecule has 1 N–H and O–H groups in total. The van der Waals surface area contributed by atoms with E-state index in [2.05, 4.69) is 11.1 Å². The van der Waals surface area contributed by atoms with Gasteiger partial charge >= 0.3 is 8.25 Å². The highest BCUT2D eigenvalue weighted by molar-refractivity contribution is 7.32. The van der Waals surface area contributed by atoms with Gasteiger partial charge in [-0.3, -0.25) is 9.09 Å². The van der Waals surface area contributed by atoms with E-state index in [1.54, 1.807) is 0 Å². The maximum atomic E-state index is 9.80. The number of rotatable bonds is 3. The second-order valence-corrected chi connectivity index (χ2v) is 2.17. The molecule has 2 unspecified atom stereocenters. The summed E-state index contributed by atoms with van der Waals surface area (Å²) in [6, 6.07) is 0. The van der Waals surface area contributed by atoms with Crippen LogP contribution in [0.5, 0.6) is 0 Å². The minimum absolute atomic E-state index is 0.855. The summed E-state index contributed by atoms with van der Waals surface area (Å²) in [5.74, 6) is 0. The molecular formula is C3H6ClO3P. The maximum Gasteiger partial charge on any atom is 0.318 e. The van der Waals surface area contributed by atoms with Crippen LogP contribution in [0.25, 0.3) is 0 Å². The van der Waals surface area contributed by atoms with E-state index >= 15 is 0 Å². The molecule has 2 atom stereocenters. The van der Waals surface area contributed by atoms with E-state index in [1.165, 1.54) is 6.08 Å². The Bertz CT molecular complexity index is 105. The summed E-state index contributed by atoms with van der Waals surface area (Å²) in [5.41, 5.74) is -0.855. The van der Waals surface area contributed by atoms with Crippen molar-refractivity contribution >= 4 is 19.9 Å². The van der Waals surface area contributed by atoms with E-state index < -0.39 is 13.8 Å². The van der Waals surface area contributed by atoms with Gasteiger partial charge in [-0.2, -0.15) is 0 Å². The topological polar surface area (TPSA) is 46.5 Å². The molecule has 0 aliphatic carbocycles. The van der Waals surface area contributed by atoms with E-state index in [0.717, 1.165) is 0 Å². The average molecular weight is 157 g/mol. The van der Waals surface area contributed by atoms with Crippen LogP contribution in [-0.4, -0.2) is 10.5 Å². The molecule has 0 spiro atoms. The largest absolute Gasteiger partial charge is 0.326 e. The van der Waals surface area contributed by atoms with Crippen molar-refractivity contribution in [1.29, 1.82) is 0 Å². The van der Waals surface area contributed by atoms with Gasteiger partial charge in [0.1, 0.15) is 0 Å². The summed E-state index contributed by atoms with van der Waals surface area (Å²) in [4.78, 5) is 8.05. The van der Waals surface area contributed by atoms with Gasteiger partial charge in [0.15, 0.2) is 5.56 Å². The molecule has 3 nitrogen and oxygen atoms in total. The highest BCUT2D eigenvalue weighted by atomic mass is 35.5. The monoisotopic (exact) mass is 156 g/mol. The summed E-state index contributed by atoms with van der Waals surface area (Å²) in [7, 11) is -2.90. The van der Waals surface area contributed by atoms with Gasteiger partial charge in [-0.15, -0.1) is 0 Å². The Kier molecular flexibility index (Phi) is 4.19. The lowest BCUT2D eigenvalue weighted by Gasteiger charge is -1.98. The maximum absolute atomic E-state index is 9.80. The Morgan fingerprint density at radius 2 is 2.50 bits per heavy atom. The quantitative estimate of drug-likeness (QED) is 0.379. The summed E-state index contributed by atoms with van der Waals surface area (Å²) in [6.45, 7) is 3.22. The molecule has 0 aromatic rings. The molecule has 0 saturated carbocycles. The molecule has 0 heterocycles. The first-order chi connectivity index (χ1) is 3.66. The molecule has 0 aromatic heterocycles. The van der Waals surface area contributed by atoms with Crippen molar-refractivity contribution < 1.29 is 14.0 Å². The standard InChI is InChI=1S/C3H6ClO3P/c1-2-3(4)7-8(5)6/h2-3,8H,1H2,(H,5,6). The van der Waals surface area contributed by atoms with Gasteiger partial charge in [-0.1, -0.05) is 18.2 Å². The summed E-state index contributed by atoms with van der Waals surface area (Å²) >= 11 is 5.19. The zero-order chi connectivity index (χ0) is 6.57. The fraction of sp³-hybridized carbons (Fsp3) is 0.333. The average Bonchev–Trinajstić information content (AvgIpc) is 1.65. The molecule has 48 valence electrons. The molecule has 0 saturated heterocycles. The molecular weight excluding hydrogens is 150 g/mol. The SMILES string of the molecule is C=CC(Cl)O[PH](=O)O. The van der Waals surface area contributed by atoms with Crippen molar-refractivity contribution in [1.82, 2.24) is 0 Å². The molecule has 0 aliphatic rings. The highest BCUT2D eigenvalue weighted by Crippen LogP contribution is 2.19. The number of hydrogen-bond donors (Lipinski definition) is 1. The molecule has 0 amide bonds. The summed E-state index contributed by atoms with van der Waals surface area (Å²) in [6.07, 6.45) is 1.22. The minimum atomic E-state index is -2.90. The molecule has 0 aromatic carbocycles. The predicted octanol–water partition coefficient (Wildman–Crippen LogP) is 1.14. The normalized spacial score (nSPS) is 17.2.